The molecule has 0 fully saturated rings. The minimum absolute atomic E-state index is 0.284. The molecule has 1 heterocycles. The van der Waals surface area contributed by atoms with E-state index in [-0.39, 0.29) is 5.02 Å². The first kappa shape index (κ1) is 40.6. The molecule has 0 saturated heterocycles. The van der Waals surface area contributed by atoms with E-state index in [0.717, 1.165) is 60.9 Å². The number of rotatable bonds is 25. The number of aliphatic hydroxyl groups excluding tert-OH is 1. The molecule has 274 valence electrons. The Morgan fingerprint density at radius 3 is 2.12 bits per heavy atom. The molecule has 0 spiro atoms. The van der Waals surface area contributed by atoms with Crippen molar-refractivity contribution in [3.05, 3.63) is 40.9 Å². The summed E-state index contributed by atoms with van der Waals surface area (Å²) in [6, 6.07) is 9.40. The first-order valence-corrected chi connectivity index (χ1v) is 19.1. The third-order valence-corrected chi connectivity index (χ3v) is 9.97. The van der Waals surface area contributed by atoms with Gasteiger partial charge in [0, 0.05) is 32.0 Å². The maximum absolute atomic E-state index is 12.1. The van der Waals surface area contributed by atoms with Gasteiger partial charge in [0.1, 0.15) is 6.23 Å². The van der Waals surface area contributed by atoms with Crippen molar-refractivity contribution in [2.75, 3.05) is 67.7 Å². The third-order valence-electron chi connectivity index (χ3n) is 8.72. The molecule has 3 aromatic rings. The van der Waals surface area contributed by atoms with Crippen LogP contribution in [0.4, 0.5) is 22.2 Å². The van der Waals surface area contributed by atoms with Crippen molar-refractivity contribution in [2.45, 2.75) is 92.2 Å². The van der Waals surface area contributed by atoms with E-state index in [1.54, 1.807) is 19.1 Å². The number of anilines is 4. The number of hydrogen-bond acceptors (Lipinski definition) is 11. The summed E-state index contributed by atoms with van der Waals surface area (Å²) in [5.74, 6) is 0.684. The number of benzene rings is 2. The van der Waals surface area contributed by atoms with Crippen molar-refractivity contribution >= 4 is 61.3 Å². The molecule has 0 aliphatic heterocycles. The normalized spacial score (nSPS) is 13.2. The molecule has 0 saturated carbocycles. The number of thiazole rings is 1. The Morgan fingerprint density at radius 2 is 1.57 bits per heavy atom. The maximum atomic E-state index is 12.1. The first-order valence-electron chi connectivity index (χ1n) is 17.9. The smallest absolute Gasteiger partial charge is 0.339 e. The zero-order valence-corrected chi connectivity index (χ0v) is 31.9. The second kappa shape index (κ2) is 22.1. The number of nitrogens with zero attached hydrogens (tertiary/aromatic N) is 2. The average molecular weight is 720 g/mol. The van der Waals surface area contributed by atoms with E-state index in [0.29, 0.717) is 41.3 Å². The number of methoxy groups -OCH3 is 1. The number of nitrogens with one attached hydrogen (secondary N) is 3. The lowest BCUT2D eigenvalue weighted by Gasteiger charge is -2.27. The van der Waals surface area contributed by atoms with Gasteiger partial charge in [-0.2, -0.15) is 0 Å². The summed E-state index contributed by atoms with van der Waals surface area (Å²) >= 11 is 7.68. The lowest BCUT2D eigenvalue weighted by Crippen LogP contribution is -2.32. The molecule has 0 aliphatic rings. The number of esters is 1. The van der Waals surface area contributed by atoms with Gasteiger partial charge in [0.15, 0.2) is 0 Å². The summed E-state index contributed by atoms with van der Waals surface area (Å²) < 4.78 is 18.0. The van der Waals surface area contributed by atoms with Crippen LogP contribution in [0.2, 0.25) is 5.02 Å². The topological polar surface area (TPSA) is 117 Å². The lowest BCUT2D eigenvalue weighted by molar-refractivity contribution is 0.0601. The van der Waals surface area contributed by atoms with Crippen LogP contribution < -0.4 is 21.1 Å². The standard InChI is InChI=1S/C37H58ClN5O5S/c1-7-11-13-27(9-3)24-47-19-17-43(18-20-48-25-28(10-4)14-12-8-2)29-15-16-32(33(21-29)39-26(5)44)41-42-37-40-34-23-31(38)30(36(45)46-6)22-35(34)49-37/h15-16,21-23,26-28,39,41,44H,7-14,17-20,24-25H2,1-6H3,(H,40,42). The first-order chi connectivity index (χ1) is 23.7. The Labute approximate surface area is 302 Å². The fourth-order valence-corrected chi connectivity index (χ4v) is 6.66. The molecule has 2 aromatic carbocycles. The molecule has 3 atom stereocenters. The van der Waals surface area contributed by atoms with Crippen molar-refractivity contribution < 1.29 is 24.1 Å². The van der Waals surface area contributed by atoms with Crippen LogP contribution in [0.15, 0.2) is 30.3 Å². The molecular weight excluding hydrogens is 662 g/mol. The number of hydrazine groups is 1. The second-order valence-corrected chi connectivity index (χ2v) is 14.0. The zero-order valence-electron chi connectivity index (χ0n) is 30.3. The van der Waals surface area contributed by atoms with Crippen molar-refractivity contribution in [2.24, 2.45) is 11.8 Å². The SMILES string of the molecule is CCCCC(CC)COCCN(CCOCC(CC)CCCC)c1ccc(NNc2nc3cc(Cl)c(C(=O)OC)cc3s2)c(NC(C)O)c1. The molecule has 0 aliphatic carbocycles. The monoisotopic (exact) mass is 719 g/mol. The summed E-state index contributed by atoms with van der Waals surface area (Å²) in [6.45, 7) is 14.9. The quantitative estimate of drug-likeness (QED) is 0.0292. The van der Waals surface area contributed by atoms with Gasteiger partial charge in [0.25, 0.3) is 0 Å². The number of carbonyl (C=O) groups excluding carboxylic acids is 1. The molecule has 0 amide bonds. The summed E-state index contributed by atoms with van der Waals surface area (Å²) in [5, 5.41) is 14.3. The van der Waals surface area contributed by atoms with Crippen molar-refractivity contribution in [1.29, 1.82) is 0 Å². The minimum atomic E-state index is -0.777. The number of carbonyl (C=O) groups is 1. The number of halogens is 1. The Balaban J connectivity index is 1.74. The summed E-state index contributed by atoms with van der Waals surface area (Å²) in [5.41, 5.74) is 9.81. The van der Waals surface area contributed by atoms with Gasteiger partial charge < -0.3 is 29.5 Å². The fraction of sp³-hybridized carbons (Fsp3) is 0.622. The van der Waals surface area contributed by atoms with Crippen molar-refractivity contribution in [3.63, 3.8) is 0 Å². The van der Waals surface area contributed by atoms with Gasteiger partial charge in [-0.3, -0.25) is 10.9 Å². The van der Waals surface area contributed by atoms with Gasteiger partial charge in [-0.15, -0.1) is 0 Å². The largest absolute Gasteiger partial charge is 0.465 e. The predicted molar refractivity (Wildman–Crippen MR) is 205 cm³/mol. The highest BCUT2D eigenvalue weighted by molar-refractivity contribution is 7.22. The van der Waals surface area contributed by atoms with Gasteiger partial charge >= 0.3 is 5.97 Å². The number of unbranched alkanes of at least 4 members (excludes halogenated alkanes) is 2. The maximum Gasteiger partial charge on any atom is 0.339 e. The fourth-order valence-electron chi connectivity index (χ4n) is 5.59. The Morgan fingerprint density at radius 1 is 0.939 bits per heavy atom. The molecular formula is C37H58ClN5O5S. The van der Waals surface area contributed by atoms with E-state index in [4.69, 9.17) is 25.8 Å². The third kappa shape index (κ3) is 13.4. The molecule has 4 N–H and O–H groups in total. The van der Waals surface area contributed by atoms with Gasteiger partial charge in [0.2, 0.25) is 5.13 Å². The van der Waals surface area contributed by atoms with Crippen molar-refractivity contribution in [1.82, 2.24) is 4.98 Å². The molecule has 3 unspecified atom stereocenters. The Kier molecular flexibility index (Phi) is 18.3. The van der Waals surface area contributed by atoms with Crippen LogP contribution in [0.3, 0.4) is 0 Å². The van der Waals surface area contributed by atoms with Crippen LogP contribution in [0, 0.1) is 11.8 Å². The number of ether oxygens (including phenoxy) is 3. The molecule has 0 bridgehead atoms. The zero-order chi connectivity index (χ0) is 35.6. The van der Waals surface area contributed by atoms with Gasteiger partial charge in [0.05, 0.1) is 52.5 Å². The minimum Gasteiger partial charge on any atom is -0.465 e. The molecule has 12 heteroatoms. The molecule has 10 nitrogen and oxygen atoms in total. The van der Waals surface area contributed by atoms with E-state index in [1.807, 2.05) is 12.1 Å². The molecule has 1 aromatic heterocycles. The van der Waals surface area contributed by atoms with Gasteiger partial charge in [-0.1, -0.05) is 89.2 Å². The van der Waals surface area contributed by atoms with E-state index in [9.17, 15) is 9.90 Å². The number of fused-ring (bicyclic) bond motifs is 1. The highest BCUT2D eigenvalue weighted by atomic mass is 35.5. The molecule has 0 radical (unpaired) electrons. The number of aromatic nitrogens is 1. The highest BCUT2D eigenvalue weighted by Gasteiger charge is 2.17. The van der Waals surface area contributed by atoms with E-state index >= 15 is 0 Å². The molecule has 49 heavy (non-hydrogen) atoms. The van der Waals surface area contributed by atoms with Crippen molar-refractivity contribution in [3.8, 4) is 0 Å². The van der Waals surface area contributed by atoms with E-state index in [1.165, 1.54) is 57.0 Å². The highest BCUT2D eigenvalue weighted by Crippen LogP contribution is 2.33. The van der Waals surface area contributed by atoms with Crippen LogP contribution in [0.1, 0.15) is 96.3 Å². The summed E-state index contributed by atoms with van der Waals surface area (Å²) in [4.78, 5) is 19.0. The van der Waals surface area contributed by atoms with Crippen LogP contribution in [-0.4, -0.2) is 68.9 Å². The number of hydrogen-bond donors (Lipinski definition) is 4. The van der Waals surface area contributed by atoms with Gasteiger partial charge in [-0.25, -0.2) is 9.78 Å². The second-order valence-electron chi connectivity index (χ2n) is 12.6. The van der Waals surface area contributed by atoms with Crippen LogP contribution >= 0.6 is 22.9 Å². The Hall–Kier alpha value is -2.83. The lowest BCUT2D eigenvalue weighted by atomic mass is 10.0. The predicted octanol–water partition coefficient (Wildman–Crippen LogP) is 9.20. The van der Waals surface area contributed by atoms with Crippen LogP contribution in [-0.2, 0) is 14.2 Å². The van der Waals surface area contributed by atoms with E-state index < -0.39 is 12.2 Å². The summed E-state index contributed by atoms with van der Waals surface area (Å²) in [6.07, 6.45) is 8.78. The Bertz CT molecular complexity index is 1380. The number of aliphatic hydroxyl groups is 1. The van der Waals surface area contributed by atoms with E-state index in [2.05, 4.69) is 59.8 Å². The van der Waals surface area contributed by atoms with Crippen LogP contribution in [0.25, 0.3) is 10.2 Å². The van der Waals surface area contributed by atoms with Crippen LogP contribution in [0.5, 0.6) is 0 Å². The average Bonchev–Trinajstić information content (AvgIpc) is 3.49. The van der Waals surface area contributed by atoms with Gasteiger partial charge in [-0.05, 0) is 61.9 Å². The summed E-state index contributed by atoms with van der Waals surface area (Å²) in [7, 11) is 1.33. The molecule has 3 rings (SSSR count).